The molecule has 1 aliphatic rings. The molecule has 0 aliphatic heterocycles. The van der Waals surface area contributed by atoms with Gasteiger partial charge in [-0.3, -0.25) is 13.9 Å². The Morgan fingerprint density at radius 1 is 1.35 bits per heavy atom. The fourth-order valence-electron chi connectivity index (χ4n) is 3.23. The van der Waals surface area contributed by atoms with Crippen LogP contribution in [0, 0.1) is 0 Å². The highest BCUT2D eigenvalue weighted by Crippen LogP contribution is 2.40. The Labute approximate surface area is 179 Å². The molecule has 3 aromatic rings. The van der Waals surface area contributed by atoms with Crippen molar-refractivity contribution in [2.75, 3.05) is 0 Å². The number of nitrogens with zero attached hydrogens (tertiary/aromatic N) is 4. The molecule has 8 nitrogen and oxygen atoms in total. The summed E-state index contributed by atoms with van der Waals surface area (Å²) in [5.74, 6) is -0.0655. The van der Waals surface area contributed by atoms with E-state index >= 15 is 0 Å². The van der Waals surface area contributed by atoms with Gasteiger partial charge in [-0.05, 0) is 37.5 Å². The summed E-state index contributed by atoms with van der Waals surface area (Å²) >= 11 is 5.99. The number of halogens is 4. The molecule has 0 radical (unpaired) electrons. The van der Waals surface area contributed by atoms with Gasteiger partial charge in [-0.25, -0.2) is 4.98 Å². The molecule has 0 saturated heterocycles. The Kier molecular flexibility index (Phi) is 5.71. The third kappa shape index (κ3) is 5.05. The molecule has 12 heteroatoms. The lowest BCUT2D eigenvalue weighted by Crippen LogP contribution is -2.34. The van der Waals surface area contributed by atoms with Gasteiger partial charge in [0.05, 0.1) is 11.6 Å². The first-order valence-electron chi connectivity index (χ1n) is 9.36. The summed E-state index contributed by atoms with van der Waals surface area (Å²) in [6, 6.07) is 5.07. The number of ether oxygens (including phenoxy) is 1. The van der Waals surface area contributed by atoms with E-state index in [1.807, 2.05) is 0 Å². The summed E-state index contributed by atoms with van der Waals surface area (Å²) in [5.41, 5.74) is 1.37. The van der Waals surface area contributed by atoms with Crippen LogP contribution in [0.5, 0.6) is 0 Å². The summed E-state index contributed by atoms with van der Waals surface area (Å²) in [4.78, 5) is 16.4. The second kappa shape index (κ2) is 8.31. The molecular formula is C19H17ClF3N5O3. The number of hydrogen-bond acceptors (Lipinski definition) is 6. The number of fused-ring (bicyclic) bond motifs is 1. The predicted molar refractivity (Wildman–Crippen MR) is 102 cm³/mol. The van der Waals surface area contributed by atoms with E-state index in [-0.39, 0.29) is 30.3 Å². The Hall–Kier alpha value is -2.92. The van der Waals surface area contributed by atoms with Gasteiger partial charge in [0.25, 0.3) is 5.91 Å². The van der Waals surface area contributed by atoms with Crippen LogP contribution in [0.3, 0.4) is 0 Å². The van der Waals surface area contributed by atoms with Gasteiger partial charge in [0.2, 0.25) is 11.8 Å². The number of amides is 1. The van der Waals surface area contributed by atoms with Gasteiger partial charge in [-0.15, -0.1) is 23.4 Å². The lowest BCUT2D eigenvalue weighted by molar-refractivity contribution is -0.352. The van der Waals surface area contributed by atoms with Crippen molar-refractivity contribution >= 4 is 23.0 Å². The maximum atomic E-state index is 12.4. The zero-order valence-corrected chi connectivity index (χ0v) is 16.8. The molecule has 0 bridgehead atoms. The number of hydrogen-bond donors (Lipinski definition) is 1. The fraction of sp³-hybridized carbons (Fsp3) is 0.368. The van der Waals surface area contributed by atoms with Crippen LogP contribution in [0.25, 0.3) is 5.52 Å². The maximum Gasteiger partial charge on any atom is 0.522 e. The van der Waals surface area contributed by atoms with E-state index in [2.05, 4.69) is 31.8 Å². The highest BCUT2D eigenvalue weighted by atomic mass is 35.5. The first-order chi connectivity index (χ1) is 14.7. The molecule has 1 aliphatic carbocycles. The van der Waals surface area contributed by atoms with Crippen molar-refractivity contribution in [1.82, 2.24) is 24.9 Å². The van der Waals surface area contributed by atoms with E-state index < -0.39 is 18.4 Å². The molecule has 1 fully saturated rings. The average Bonchev–Trinajstić information content (AvgIpc) is 3.28. The summed E-state index contributed by atoms with van der Waals surface area (Å²) in [5, 5.41) is 11.0. The third-order valence-corrected chi connectivity index (χ3v) is 5.20. The van der Waals surface area contributed by atoms with Crippen LogP contribution in [0.2, 0.25) is 5.15 Å². The van der Waals surface area contributed by atoms with Crippen molar-refractivity contribution in [1.29, 1.82) is 0 Å². The second-order valence-corrected chi connectivity index (χ2v) is 7.56. The molecule has 3 heterocycles. The molecule has 0 spiro atoms. The van der Waals surface area contributed by atoms with Gasteiger partial charge < -0.3 is 9.73 Å². The highest BCUT2D eigenvalue weighted by molar-refractivity contribution is 6.30. The van der Waals surface area contributed by atoms with Crippen molar-refractivity contribution in [2.45, 2.75) is 44.1 Å². The van der Waals surface area contributed by atoms with Gasteiger partial charge in [0.1, 0.15) is 17.2 Å². The molecule has 31 heavy (non-hydrogen) atoms. The number of carbonyl (C=O) groups excluding carboxylic acids is 1. The monoisotopic (exact) mass is 455 g/mol. The van der Waals surface area contributed by atoms with E-state index in [1.54, 1.807) is 22.6 Å². The number of aromatic nitrogens is 4. The van der Waals surface area contributed by atoms with Crippen LogP contribution in [0.4, 0.5) is 13.2 Å². The minimum Gasteiger partial charge on any atom is -0.425 e. The van der Waals surface area contributed by atoms with Crippen molar-refractivity contribution in [2.24, 2.45) is 0 Å². The Bertz CT molecular complexity index is 1120. The summed E-state index contributed by atoms with van der Waals surface area (Å²) in [6.45, 7) is 3.82. The number of aryl methyl sites for hydroxylation is 1. The predicted octanol–water partition coefficient (Wildman–Crippen LogP) is 4.03. The standard InChI is InChI=1S/C19H17ClF3N5O3/c1-10(25-17(29)14-8-12-3-4-15(20)28(12)9-24-14)2-5-16-26-27-18(30-16)11-6-13(7-11)31-19(21,22)23/h3-4,8-9,11,13H,1-2,5-7H2,(H,25,29)/t11-,13+. The van der Waals surface area contributed by atoms with Crippen LogP contribution in [-0.2, 0) is 11.2 Å². The molecule has 0 unspecified atom stereocenters. The van der Waals surface area contributed by atoms with Gasteiger partial charge in [0, 0.05) is 18.0 Å². The quantitative estimate of drug-likeness (QED) is 0.578. The lowest BCUT2D eigenvalue weighted by atomic mass is 9.82. The van der Waals surface area contributed by atoms with E-state index in [9.17, 15) is 18.0 Å². The largest absolute Gasteiger partial charge is 0.522 e. The van der Waals surface area contributed by atoms with E-state index in [0.29, 0.717) is 29.6 Å². The Balaban J connectivity index is 1.25. The van der Waals surface area contributed by atoms with Crippen molar-refractivity contribution in [3.8, 4) is 0 Å². The van der Waals surface area contributed by atoms with Gasteiger partial charge >= 0.3 is 6.36 Å². The van der Waals surface area contributed by atoms with E-state index in [1.165, 1.54) is 6.33 Å². The lowest BCUT2D eigenvalue weighted by Gasteiger charge is -2.32. The fourth-order valence-corrected chi connectivity index (χ4v) is 3.43. The minimum atomic E-state index is -4.64. The average molecular weight is 456 g/mol. The zero-order valence-electron chi connectivity index (χ0n) is 16.0. The number of allylic oxidation sites excluding steroid dienone is 1. The van der Waals surface area contributed by atoms with Crippen LogP contribution in [0.15, 0.2) is 41.2 Å². The van der Waals surface area contributed by atoms with Gasteiger partial charge in [0.15, 0.2) is 0 Å². The molecule has 1 saturated carbocycles. The maximum absolute atomic E-state index is 12.4. The molecule has 164 valence electrons. The van der Waals surface area contributed by atoms with Crippen LogP contribution in [0.1, 0.15) is 47.5 Å². The van der Waals surface area contributed by atoms with Gasteiger partial charge in [-0.1, -0.05) is 18.2 Å². The van der Waals surface area contributed by atoms with Crippen LogP contribution >= 0.6 is 11.6 Å². The molecule has 0 atom stereocenters. The first-order valence-corrected chi connectivity index (χ1v) is 9.74. The zero-order chi connectivity index (χ0) is 22.2. The molecule has 1 N–H and O–H groups in total. The number of nitrogens with one attached hydrogen (secondary N) is 1. The van der Waals surface area contributed by atoms with Crippen molar-refractivity contribution < 1.29 is 27.1 Å². The summed E-state index contributed by atoms with van der Waals surface area (Å²) in [6.07, 6.45) is -3.05. The normalized spacial score (nSPS) is 18.7. The smallest absolute Gasteiger partial charge is 0.425 e. The van der Waals surface area contributed by atoms with Crippen LogP contribution < -0.4 is 5.32 Å². The molecule has 1 amide bonds. The topological polar surface area (TPSA) is 94.5 Å². The number of carbonyl (C=O) groups is 1. The van der Waals surface area contributed by atoms with Crippen LogP contribution in [-0.4, -0.2) is 38.0 Å². The SMILES string of the molecule is C=C(CCc1nnc([C@H]2C[C@@H](OC(F)(F)F)C2)o1)NC(=O)c1cc2ccc(Cl)n2cn1. The summed E-state index contributed by atoms with van der Waals surface area (Å²) in [7, 11) is 0. The van der Waals surface area contributed by atoms with Crippen molar-refractivity contribution in [3.63, 3.8) is 0 Å². The minimum absolute atomic E-state index is 0.175. The Morgan fingerprint density at radius 2 is 2.13 bits per heavy atom. The number of rotatable bonds is 7. The van der Waals surface area contributed by atoms with Crippen molar-refractivity contribution in [3.05, 3.63) is 59.4 Å². The summed E-state index contributed by atoms with van der Waals surface area (Å²) < 4.78 is 47.7. The third-order valence-electron chi connectivity index (χ3n) is 4.89. The second-order valence-electron chi connectivity index (χ2n) is 7.17. The number of alkyl halides is 3. The van der Waals surface area contributed by atoms with E-state index in [4.69, 9.17) is 16.0 Å². The first kappa shape index (κ1) is 21.3. The molecule has 3 aromatic heterocycles. The molecule has 4 rings (SSSR count). The molecule has 0 aromatic carbocycles. The Morgan fingerprint density at radius 3 is 2.87 bits per heavy atom. The van der Waals surface area contributed by atoms with E-state index in [0.717, 1.165) is 5.52 Å². The molecular weight excluding hydrogens is 439 g/mol. The highest BCUT2D eigenvalue weighted by Gasteiger charge is 2.42. The van der Waals surface area contributed by atoms with Gasteiger partial charge in [-0.2, -0.15) is 0 Å².